The molecule has 1 saturated carbocycles. The Kier molecular flexibility index (Phi) is 2.98. The van der Waals surface area contributed by atoms with Crippen LogP contribution in [0.2, 0.25) is 0 Å². The van der Waals surface area contributed by atoms with Gasteiger partial charge in [0.2, 0.25) is 0 Å². The molecule has 0 radical (unpaired) electrons. The third-order valence-corrected chi connectivity index (χ3v) is 7.51. The van der Waals surface area contributed by atoms with Crippen LogP contribution >= 0.6 is 23.2 Å². The molecule has 2 fully saturated rings. The number of benzene rings is 1. The minimum Gasteiger partial charge on any atom is -0.362 e. The molecule has 1 heterocycles. The first kappa shape index (κ1) is 16.4. The smallest absolute Gasteiger partial charge is 0.197 e. The summed E-state index contributed by atoms with van der Waals surface area (Å²) in [6.07, 6.45) is 3.47. The lowest BCUT2D eigenvalue weighted by atomic mass is 9.70. The van der Waals surface area contributed by atoms with Gasteiger partial charge in [-0.1, -0.05) is 12.2 Å². The van der Waals surface area contributed by atoms with E-state index in [-0.39, 0.29) is 23.0 Å². The summed E-state index contributed by atoms with van der Waals surface area (Å²) >= 11 is 12.9. The Morgan fingerprint density at radius 1 is 0.800 bits per heavy atom. The van der Waals surface area contributed by atoms with Crippen molar-refractivity contribution in [2.24, 2.45) is 11.8 Å². The van der Waals surface area contributed by atoms with Crippen molar-refractivity contribution in [2.45, 2.75) is 47.6 Å². The van der Waals surface area contributed by atoms with Gasteiger partial charge in [0.1, 0.15) is 5.60 Å². The lowest BCUT2D eigenvalue weighted by molar-refractivity contribution is 0.251. The monoisotopic (exact) mass is 392 g/mol. The Morgan fingerprint density at radius 2 is 1.16 bits per heavy atom. The molecular formula is C18H14Cl2F4O. The fraction of sp³-hybridized carbons (Fsp3) is 0.556. The molecule has 1 aromatic rings. The maximum atomic E-state index is 14.7. The highest BCUT2D eigenvalue weighted by molar-refractivity contribution is 6.24. The number of ether oxygens (including phenoxy) is 1. The maximum absolute atomic E-state index is 14.7. The quantitative estimate of drug-likeness (QED) is 0.151. The van der Waals surface area contributed by atoms with Crippen molar-refractivity contribution in [3.05, 3.63) is 46.5 Å². The number of hydrogen-bond donors (Lipinski definition) is 0. The molecule has 0 N–H and O–H groups in total. The Morgan fingerprint density at radius 3 is 1.48 bits per heavy atom. The van der Waals surface area contributed by atoms with Gasteiger partial charge in [0.25, 0.3) is 0 Å². The lowest BCUT2D eigenvalue weighted by Gasteiger charge is -2.38. The van der Waals surface area contributed by atoms with Crippen molar-refractivity contribution in [1.82, 2.24) is 0 Å². The van der Waals surface area contributed by atoms with Crippen LogP contribution in [-0.2, 0) is 4.74 Å². The van der Waals surface area contributed by atoms with E-state index in [4.69, 9.17) is 27.9 Å². The number of fused-ring (bicyclic) bond motifs is 6. The standard InChI is InChI=1S/C18H14Cl2F4O/c1-17(2)18(25-17)11-7-5(19)3-4-6(20)8(7)12(18)10-9(11)13(21)15(23)16(24)14(10)22/h3-8,11-12H,1-2H3. The summed E-state index contributed by atoms with van der Waals surface area (Å²) in [4.78, 5) is 0. The SMILES string of the molecule is CC1(C)OC12C1c3c(F)c(F)c(F)c(F)c3C2C2C(Cl)C=CC(Cl)C21. The summed E-state index contributed by atoms with van der Waals surface area (Å²) in [5.41, 5.74) is -1.87. The summed E-state index contributed by atoms with van der Waals surface area (Å²) < 4.78 is 63.2. The van der Waals surface area contributed by atoms with E-state index in [1.54, 1.807) is 12.2 Å². The Balaban J connectivity index is 1.84. The zero-order valence-electron chi connectivity index (χ0n) is 13.3. The first-order valence-electron chi connectivity index (χ1n) is 8.17. The predicted octanol–water partition coefficient (Wildman–Crippen LogP) is 5.00. The third-order valence-electron chi connectivity index (χ3n) is 6.64. The van der Waals surface area contributed by atoms with Crippen molar-refractivity contribution in [3.8, 4) is 0 Å². The molecule has 1 nitrogen and oxygen atoms in total. The molecule has 0 amide bonds. The van der Waals surface area contributed by atoms with Gasteiger partial charge in [0.15, 0.2) is 23.3 Å². The van der Waals surface area contributed by atoms with E-state index in [0.717, 1.165) is 0 Å². The van der Waals surface area contributed by atoms with E-state index in [9.17, 15) is 17.6 Å². The number of alkyl halides is 2. The second-order valence-electron chi connectivity index (χ2n) is 7.87. The fourth-order valence-corrected chi connectivity index (χ4v) is 6.63. The highest BCUT2D eigenvalue weighted by Gasteiger charge is 2.83. The molecule has 1 aromatic carbocycles. The second kappa shape index (κ2) is 4.55. The van der Waals surface area contributed by atoms with Crippen LogP contribution in [0.25, 0.3) is 0 Å². The molecule has 5 rings (SSSR count). The summed E-state index contributed by atoms with van der Waals surface area (Å²) in [5.74, 6) is -8.22. The van der Waals surface area contributed by atoms with E-state index in [1.165, 1.54) is 0 Å². The zero-order chi connectivity index (χ0) is 18.0. The average molecular weight is 393 g/mol. The van der Waals surface area contributed by atoms with Crippen LogP contribution in [0.4, 0.5) is 17.6 Å². The van der Waals surface area contributed by atoms with Crippen LogP contribution in [0.3, 0.4) is 0 Å². The van der Waals surface area contributed by atoms with Gasteiger partial charge in [-0.15, -0.1) is 23.2 Å². The van der Waals surface area contributed by atoms with Crippen molar-refractivity contribution >= 4 is 23.2 Å². The zero-order valence-corrected chi connectivity index (χ0v) is 14.8. The van der Waals surface area contributed by atoms with Crippen LogP contribution in [0.5, 0.6) is 0 Å². The van der Waals surface area contributed by atoms with E-state index in [0.29, 0.717) is 0 Å². The van der Waals surface area contributed by atoms with Gasteiger partial charge in [-0.05, 0) is 25.7 Å². The molecule has 25 heavy (non-hydrogen) atoms. The summed E-state index contributed by atoms with van der Waals surface area (Å²) in [5, 5.41) is -0.925. The van der Waals surface area contributed by atoms with Crippen molar-refractivity contribution in [2.75, 3.05) is 0 Å². The van der Waals surface area contributed by atoms with Crippen LogP contribution in [0.15, 0.2) is 12.2 Å². The predicted molar refractivity (Wildman–Crippen MR) is 85.1 cm³/mol. The molecule has 134 valence electrons. The van der Waals surface area contributed by atoms with Gasteiger partial charge in [-0.25, -0.2) is 17.6 Å². The van der Waals surface area contributed by atoms with Gasteiger partial charge < -0.3 is 4.74 Å². The molecule has 1 saturated heterocycles. The van der Waals surface area contributed by atoms with Crippen molar-refractivity contribution in [1.29, 1.82) is 0 Å². The lowest BCUT2D eigenvalue weighted by Crippen LogP contribution is -2.37. The maximum Gasteiger partial charge on any atom is 0.197 e. The first-order valence-corrected chi connectivity index (χ1v) is 9.04. The van der Waals surface area contributed by atoms with E-state index >= 15 is 0 Å². The highest BCUT2D eigenvalue weighted by atomic mass is 35.5. The van der Waals surface area contributed by atoms with Gasteiger partial charge in [0, 0.05) is 23.0 Å². The van der Waals surface area contributed by atoms with E-state index in [2.05, 4.69) is 0 Å². The average Bonchev–Trinajstić information content (AvgIpc) is 2.86. The molecule has 3 aliphatic carbocycles. The third kappa shape index (κ3) is 1.58. The Bertz CT molecular complexity index is 795. The highest BCUT2D eigenvalue weighted by Crippen LogP contribution is 2.79. The largest absolute Gasteiger partial charge is 0.362 e. The number of allylic oxidation sites excluding steroid dienone is 2. The molecule has 1 aliphatic heterocycles. The van der Waals surface area contributed by atoms with Gasteiger partial charge >= 0.3 is 0 Å². The summed E-state index contributed by atoms with van der Waals surface area (Å²) in [6.45, 7) is 3.64. The molecule has 1 spiro atoms. The molecular weight excluding hydrogens is 379 g/mol. The Hall–Kier alpha value is -0.780. The van der Waals surface area contributed by atoms with Crippen LogP contribution in [-0.4, -0.2) is 22.0 Å². The number of hydrogen-bond acceptors (Lipinski definition) is 1. The van der Waals surface area contributed by atoms with E-state index < -0.39 is 57.1 Å². The van der Waals surface area contributed by atoms with Crippen LogP contribution < -0.4 is 0 Å². The molecule has 6 atom stereocenters. The van der Waals surface area contributed by atoms with Gasteiger partial charge in [-0.3, -0.25) is 0 Å². The minimum absolute atomic E-state index is 0.127. The molecule has 6 unspecified atom stereocenters. The Labute approximate surface area is 151 Å². The van der Waals surface area contributed by atoms with Crippen LogP contribution in [0.1, 0.15) is 36.8 Å². The normalized spacial score (nSPS) is 45.0. The molecule has 0 aromatic heterocycles. The molecule has 4 aliphatic rings. The summed E-state index contributed by atoms with van der Waals surface area (Å²) in [7, 11) is 0. The topological polar surface area (TPSA) is 12.5 Å². The number of rotatable bonds is 0. The second-order valence-corrected chi connectivity index (χ2v) is 8.88. The summed E-state index contributed by atoms with van der Waals surface area (Å²) in [6, 6.07) is 0. The van der Waals surface area contributed by atoms with Crippen molar-refractivity contribution in [3.63, 3.8) is 0 Å². The number of halogens is 6. The first-order chi connectivity index (χ1) is 11.6. The van der Waals surface area contributed by atoms with Gasteiger partial charge in [-0.2, -0.15) is 0 Å². The van der Waals surface area contributed by atoms with E-state index in [1.807, 2.05) is 13.8 Å². The van der Waals surface area contributed by atoms with Gasteiger partial charge in [0.05, 0.1) is 16.4 Å². The van der Waals surface area contributed by atoms with Crippen LogP contribution in [0, 0.1) is 35.1 Å². The number of epoxide rings is 1. The molecule has 7 heteroatoms. The van der Waals surface area contributed by atoms with Crippen molar-refractivity contribution < 1.29 is 22.3 Å². The fourth-order valence-electron chi connectivity index (χ4n) is 5.83. The molecule has 2 bridgehead atoms. The minimum atomic E-state index is -1.78.